The lowest BCUT2D eigenvalue weighted by Crippen LogP contribution is -2.43. The normalized spacial score (nSPS) is 15.0. The molecule has 1 fully saturated rings. The highest BCUT2D eigenvalue weighted by molar-refractivity contribution is 7.13. The third-order valence-corrected chi connectivity index (χ3v) is 5.15. The van der Waals surface area contributed by atoms with Gasteiger partial charge >= 0.3 is 6.18 Å². The molecule has 0 saturated carbocycles. The molecule has 27 heavy (non-hydrogen) atoms. The lowest BCUT2D eigenvalue weighted by Gasteiger charge is -2.30. The van der Waals surface area contributed by atoms with E-state index in [9.17, 15) is 18.0 Å². The van der Waals surface area contributed by atoms with E-state index >= 15 is 0 Å². The van der Waals surface area contributed by atoms with Gasteiger partial charge < -0.3 is 10.6 Å². The number of halogens is 5. The van der Waals surface area contributed by atoms with E-state index in [1.54, 1.807) is 16.3 Å². The Balaban J connectivity index is 0.00000182. The van der Waals surface area contributed by atoms with E-state index in [-0.39, 0.29) is 43.2 Å². The van der Waals surface area contributed by atoms with Crippen LogP contribution in [0.15, 0.2) is 29.6 Å². The molecule has 3 rings (SSSR count). The van der Waals surface area contributed by atoms with Crippen molar-refractivity contribution >= 4 is 42.1 Å². The van der Waals surface area contributed by atoms with Gasteiger partial charge in [0.15, 0.2) is 0 Å². The molecule has 0 spiro atoms. The molecule has 0 bridgehead atoms. The number of rotatable bonds is 3. The number of likely N-dealkylation sites (tertiary alicyclic amines) is 1. The van der Waals surface area contributed by atoms with Gasteiger partial charge in [-0.1, -0.05) is 12.1 Å². The first-order chi connectivity index (χ1) is 11.8. The first-order valence-corrected chi connectivity index (χ1v) is 8.86. The van der Waals surface area contributed by atoms with Gasteiger partial charge in [-0.15, -0.1) is 36.2 Å². The molecule has 0 aliphatic carbocycles. The van der Waals surface area contributed by atoms with Crippen molar-refractivity contribution in [1.29, 1.82) is 0 Å². The first-order valence-electron chi connectivity index (χ1n) is 7.98. The summed E-state index contributed by atoms with van der Waals surface area (Å²) in [5, 5.41) is 2.21. The summed E-state index contributed by atoms with van der Waals surface area (Å²) in [7, 11) is 0. The number of alkyl halides is 3. The van der Waals surface area contributed by atoms with Crippen LogP contribution in [0.3, 0.4) is 0 Å². The van der Waals surface area contributed by atoms with Crippen molar-refractivity contribution < 1.29 is 18.0 Å². The molecular formula is C17H20Cl2F3N3OS. The van der Waals surface area contributed by atoms with Crippen molar-refractivity contribution in [1.82, 2.24) is 9.88 Å². The molecule has 1 aliphatic heterocycles. The lowest BCUT2D eigenvalue weighted by molar-refractivity contribution is -0.137. The molecule has 1 aromatic heterocycles. The van der Waals surface area contributed by atoms with Crippen LogP contribution in [-0.4, -0.2) is 34.9 Å². The number of aromatic nitrogens is 1. The first kappa shape index (κ1) is 23.7. The Morgan fingerprint density at radius 2 is 1.93 bits per heavy atom. The Kier molecular flexibility index (Phi) is 8.53. The van der Waals surface area contributed by atoms with Crippen molar-refractivity contribution in [3.05, 3.63) is 40.9 Å². The van der Waals surface area contributed by atoms with Crippen LogP contribution in [-0.2, 0) is 17.4 Å². The molecule has 1 aliphatic rings. The second-order valence-electron chi connectivity index (χ2n) is 6.12. The molecule has 2 N–H and O–H groups in total. The molecule has 150 valence electrons. The topological polar surface area (TPSA) is 59.2 Å². The maximum Gasteiger partial charge on any atom is 0.416 e. The summed E-state index contributed by atoms with van der Waals surface area (Å²) in [4.78, 5) is 18.4. The van der Waals surface area contributed by atoms with Crippen LogP contribution >= 0.6 is 36.2 Å². The van der Waals surface area contributed by atoms with Gasteiger partial charge in [-0.3, -0.25) is 4.79 Å². The van der Waals surface area contributed by atoms with E-state index in [4.69, 9.17) is 5.73 Å². The van der Waals surface area contributed by atoms with Crippen LogP contribution in [0.2, 0.25) is 0 Å². The molecule has 0 atom stereocenters. The summed E-state index contributed by atoms with van der Waals surface area (Å²) in [6.07, 6.45) is -2.65. The Bertz CT molecular complexity index is 762. The summed E-state index contributed by atoms with van der Waals surface area (Å²) in [6, 6.07) is 5.21. The van der Waals surface area contributed by atoms with E-state index in [1.807, 2.05) is 0 Å². The van der Waals surface area contributed by atoms with Crippen molar-refractivity contribution in [3.8, 4) is 10.6 Å². The minimum absolute atomic E-state index is 0. The van der Waals surface area contributed by atoms with E-state index in [1.165, 1.54) is 17.4 Å². The highest BCUT2D eigenvalue weighted by atomic mass is 35.5. The van der Waals surface area contributed by atoms with Crippen LogP contribution in [0.25, 0.3) is 10.6 Å². The number of hydrogen-bond acceptors (Lipinski definition) is 4. The molecule has 10 heteroatoms. The fraction of sp³-hybridized carbons (Fsp3) is 0.412. The Hall–Kier alpha value is -1.35. The number of carbonyl (C=O) groups is 1. The molecule has 0 radical (unpaired) electrons. The predicted molar refractivity (Wildman–Crippen MR) is 105 cm³/mol. The quantitative estimate of drug-likeness (QED) is 0.777. The maximum absolute atomic E-state index is 12.8. The monoisotopic (exact) mass is 441 g/mol. The fourth-order valence-electron chi connectivity index (χ4n) is 2.76. The summed E-state index contributed by atoms with van der Waals surface area (Å²) in [5.74, 6) is -0.0206. The van der Waals surface area contributed by atoms with Crippen LogP contribution in [0, 0.1) is 0 Å². The second-order valence-corrected chi connectivity index (χ2v) is 6.98. The second kappa shape index (κ2) is 9.73. The van der Waals surface area contributed by atoms with Crippen molar-refractivity contribution in [3.63, 3.8) is 0 Å². The number of nitrogens with zero attached hydrogens (tertiary/aromatic N) is 2. The molecule has 2 aromatic rings. The van der Waals surface area contributed by atoms with Crippen LogP contribution in [0.4, 0.5) is 13.2 Å². The smallest absolute Gasteiger partial charge is 0.342 e. The SMILES string of the molecule is Cl.Cl.NC1CCN(C(=O)Cc2csc(-c3cccc(C(F)(F)F)c3)n2)CC1. The summed E-state index contributed by atoms with van der Waals surface area (Å²) >= 11 is 1.24. The molecule has 1 saturated heterocycles. The van der Waals surface area contributed by atoms with Gasteiger partial charge in [0, 0.05) is 30.1 Å². The van der Waals surface area contributed by atoms with Crippen LogP contribution in [0.1, 0.15) is 24.1 Å². The maximum atomic E-state index is 12.8. The standard InChI is InChI=1S/C17H18F3N3OS.2ClH/c18-17(19,20)12-3-1-2-11(8-12)16-22-14(10-25-16)9-15(24)23-6-4-13(21)5-7-23;;/h1-3,8,10,13H,4-7,9,21H2;2*1H. The molecule has 1 amide bonds. The van der Waals surface area contributed by atoms with Gasteiger partial charge in [-0.25, -0.2) is 4.98 Å². The van der Waals surface area contributed by atoms with Gasteiger partial charge in [0.25, 0.3) is 0 Å². The van der Waals surface area contributed by atoms with Gasteiger partial charge in [0.1, 0.15) is 5.01 Å². The fourth-order valence-corrected chi connectivity index (χ4v) is 3.58. The third-order valence-electron chi connectivity index (χ3n) is 4.21. The minimum Gasteiger partial charge on any atom is -0.342 e. The van der Waals surface area contributed by atoms with Gasteiger partial charge in [-0.2, -0.15) is 13.2 Å². The number of thiazole rings is 1. The Labute approximate surface area is 171 Å². The average Bonchev–Trinajstić information content (AvgIpc) is 3.03. The Morgan fingerprint density at radius 1 is 1.26 bits per heavy atom. The number of carbonyl (C=O) groups excluding carboxylic acids is 1. The van der Waals surface area contributed by atoms with E-state index < -0.39 is 11.7 Å². The predicted octanol–water partition coefficient (Wildman–Crippen LogP) is 4.16. The zero-order chi connectivity index (χ0) is 18.0. The lowest BCUT2D eigenvalue weighted by atomic mass is 10.1. The molecule has 2 heterocycles. The van der Waals surface area contributed by atoms with Crippen molar-refractivity contribution in [2.24, 2.45) is 5.73 Å². The number of hydrogen-bond donors (Lipinski definition) is 1. The van der Waals surface area contributed by atoms with Gasteiger partial charge in [0.2, 0.25) is 5.91 Å². The highest BCUT2D eigenvalue weighted by Crippen LogP contribution is 2.33. The molecular weight excluding hydrogens is 422 g/mol. The zero-order valence-electron chi connectivity index (χ0n) is 14.2. The van der Waals surface area contributed by atoms with E-state index in [0.29, 0.717) is 29.4 Å². The van der Waals surface area contributed by atoms with Crippen molar-refractivity contribution in [2.45, 2.75) is 31.5 Å². The summed E-state index contributed by atoms with van der Waals surface area (Å²) < 4.78 is 38.5. The summed E-state index contributed by atoms with van der Waals surface area (Å²) in [5.41, 5.74) is 6.11. The third kappa shape index (κ3) is 6.07. The van der Waals surface area contributed by atoms with Gasteiger partial charge in [-0.05, 0) is 25.0 Å². The highest BCUT2D eigenvalue weighted by Gasteiger charge is 2.30. The number of benzene rings is 1. The molecule has 0 unspecified atom stereocenters. The number of piperidine rings is 1. The largest absolute Gasteiger partial charge is 0.416 e. The van der Waals surface area contributed by atoms with Crippen molar-refractivity contribution in [2.75, 3.05) is 13.1 Å². The summed E-state index contributed by atoms with van der Waals surface area (Å²) in [6.45, 7) is 1.29. The zero-order valence-corrected chi connectivity index (χ0v) is 16.7. The van der Waals surface area contributed by atoms with Crippen LogP contribution < -0.4 is 5.73 Å². The van der Waals surface area contributed by atoms with Gasteiger partial charge in [0.05, 0.1) is 17.7 Å². The Morgan fingerprint density at radius 3 is 2.56 bits per heavy atom. The molecule has 1 aromatic carbocycles. The number of nitrogens with two attached hydrogens (primary N) is 1. The van der Waals surface area contributed by atoms with E-state index in [0.717, 1.165) is 25.0 Å². The number of amides is 1. The average molecular weight is 442 g/mol. The minimum atomic E-state index is -4.39. The van der Waals surface area contributed by atoms with Crippen LogP contribution in [0.5, 0.6) is 0 Å². The molecule has 4 nitrogen and oxygen atoms in total. The van der Waals surface area contributed by atoms with E-state index in [2.05, 4.69) is 4.98 Å².